The summed E-state index contributed by atoms with van der Waals surface area (Å²) in [7, 11) is 1.59. The molecule has 0 saturated heterocycles. The Morgan fingerprint density at radius 2 is 2.05 bits per heavy atom. The predicted molar refractivity (Wildman–Crippen MR) is 73.8 cm³/mol. The van der Waals surface area contributed by atoms with Crippen molar-refractivity contribution in [3.8, 4) is 0 Å². The molecular formula is C12H16Cl2N2O3. The highest BCUT2D eigenvalue weighted by Gasteiger charge is 2.27. The van der Waals surface area contributed by atoms with Gasteiger partial charge in [-0.2, -0.15) is 0 Å². The standard InChI is InChI=1S/C12H16Cl2N2O3/c1-4-6(2)9(12(18)19)15-11(17)8-5-7(13)10(14)16(8)3/h5-6,9H,4H2,1-3H3,(H,15,17)(H,18,19)/t6-,9-/m1/s1. The SMILES string of the molecule is CC[C@@H](C)[C@@H](NC(=O)c1cc(Cl)c(Cl)n1C)C(=O)O. The number of carboxylic acids is 1. The monoisotopic (exact) mass is 306 g/mol. The quantitative estimate of drug-likeness (QED) is 0.878. The highest BCUT2D eigenvalue weighted by molar-refractivity contribution is 6.41. The Morgan fingerprint density at radius 3 is 2.42 bits per heavy atom. The van der Waals surface area contributed by atoms with Gasteiger partial charge in [0.15, 0.2) is 0 Å². The van der Waals surface area contributed by atoms with Gasteiger partial charge in [0.2, 0.25) is 0 Å². The first-order valence-corrected chi connectivity index (χ1v) is 6.59. The van der Waals surface area contributed by atoms with Crippen LogP contribution < -0.4 is 5.32 Å². The molecule has 0 saturated carbocycles. The van der Waals surface area contributed by atoms with Crippen LogP contribution in [0, 0.1) is 5.92 Å². The van der Waals surface area contributed by atoms with E-state index in [0.29, 0.717) is 6.42 Å². The van der Waals surface area contributed by atoms with Crippen molar-refractivity contribution in [1.82, 2.24) is 9.88 Å². The molecule has 19 heavy (non-hydrogen) atoms. The summed E-state index contributed by atoms with van der Waals surface area (Å²) in [5, 5.41) is 12.1. The number of nitrogens with zero attached hydrogens (tertiary/aromatic N) is 1. The number of halogens is 2. The third-order valence-electron chi connectivity index (χ3n) is 3.11. The summed E-state index contributed by atoms with van der Waals surface area (Å²) in [6.45, 7) is 3.63. The minimum Gasteiger partial charge on any atom is -0.480 e. The van der Waals surface area contributed by atoms with Gasteiger partial charge in [0, 0.05) is 7.05 Å². The Labute approximate surface area is 121 Å². The maximum absolute atomic E-state index is 12.1. The van der Waals surface area contributed by atoms with E-state index in [0.717, 1.165) is 0 Å². The van der Waals surface area contributed by atoms with Gasteiger partial charge in [-0.1, -0.05) is 43.5 Å². The van der Waals surface area contributed by atoms with E-state index in [1.165, 1.54) is 10.6 Å². The van der Waals surface area contributed by atoms with E-state index >= 15 is 0 Å². The molecule has 1 heterocycles. The zero-order valence-corrected chi connectivity index (χ0v) is 12.4. The number of nitrogens with one attached hydrogen (secondary N) is 1. The van der Waals surface area contributed by atoms with Gasteiger partial charge in [0.25, 0.3) is 5.91 Å². The van der Waals surface area contributed by atoms with E-state index < -0.39 is 17.9 Å². The zero-order chi connectivity index (χ0) is 14.7. The molecule has 2 N–H and O–H groups in total. The van der Waals surface area contributed by atoms with Gasteiger partial charge in [0.05, 0.1) is 5.02 Å². The normalized spacial score (nSPS) is 13.9. The van der Waals surface area contributed by atoms with Gasteiger partial charge >= 0.3 is 5.97 Å². The fourth-order valence-electron chi connectivity index (χ4n) is 1.66. The molecule has 1 aromatic rings. The Kier molecular flexibility index (Phi) is 5.26. The lowest BCUT2D eigenvalue weighted by Crippen LogP contribution is -2.45. The first-order valence-electron chi connectivity index (χ1n) is 5.83. The first kappa shape index (κ1) is 15.9. The average Bonchev–Trinajstić information content (AvgIpc) is 2.62. The van der Waals surface area contributed by atoms with E-state index in [9.17, 15) is 9.59 Å². The maximum Gasteiger partial charge on any atom is 0.326 e. The molecule has 0 spiro atoms. The highest BCUT2D eigenvalue weighted by Crippen LogP contribution is 2.25. The number of aliphatic carboxylic acids is 1. The second-order valence-electron chi connectivity index (χ2n) is 4.40. The second-order valence-corrected chi connectivity index (χ2v) is 5.17. The van der Waals surface area contributed by atoms with Gasteiger partial charge < -0.3 is 15.0 Å². The number of hydrogen-bond acceptors (Lipinski definition) is 2. The van der Waals surface area contributed by atoms with Crippen molar-refractivity contribution in [3.63, 3.8) is 0 Å². The second kappa shape index (κ2) is 6.30. The Hall–Kier alpha value is -1.20. The number of aromatic nitrogens is 1. The largest absolute Gasteiger partial charge is 0.480 e. The molecule has 1 rings (SSSR count). The van der Waals surface area contributed by atoms with Crippen molar-refractivity contribution in [3.05, 3.63) is 21.9 Å². The Morgan fingerprint density at radius 1 is 1.47 bits per heavy atom. The van der Waals surface area contributed by atoms with E-state index in [2.05, 4.69) is 5.32 Å². The molecule has 1 amide bonds. The third-order valence-corrected chi connectivity index (χ3v) is 3.96. The third kappa shape index (κ3) is 3.42. The molecule has 0 radical (unpaired) electrons. The lowest BCUT2D eigenvalue weighted by molar-refractivity contribution is -0.140. The van der Waals surface area contributed by atoms with Crippen LogP contribution in [0.15, 0.2) is 6.07 Å². The molecule has 2 atom stereocenters. The average molecular weight is 307 g/mol. The van der Waals surface area contributed by atoms with Crippen LogP contribution in [0.4, 0.5) is 0 Å². The fourth-order valence-corrected chi connectivity index (χ4v) is 2.03. The molecule has 1 aromatic heterocycles. The molecule has 0 fully saturated rings. The van der Waals surface area contributed by atoms with Gasteiger partial charge in [-0.15, -0.1) is 0 Å². The zero-order valence-electron chi connectivity index (χ0n) is 10.9. The topological polar surface area (TPSA) is 71.3 Å². The minimum atomic E-state index is -1.06. The maximum atomic E-state index is 12.1. The molecular weight excluding hydrogens is 291 g/mol. The van der Waals surface area contributed by atoms with Crippen LogP contribution in [0.2, 0.25) is 10.2 Å². The van der Waals surface area contributed by atoms with E-state index in [4.69, 9.17) is 28.3 Å². The summed E-state index contributed by atoms with van der Waals surface area (Å²) in [5.74, 6) is -1.74. The molecule has 0 bridgehead atoms. The van der Waals surface area contributed by atoms with Gasteiger partial charge in [0.1, 0.15) is 16.9 Å². The van der Waals surface area contributed by atoms with E-state index in [1.807, 2.05) is 6.92 Å². The molecule has 0 unspecified atom stereocenters. The molecule has 7 heteroatoms. The summed E-state index contributed by atoms with van der Waals surface area (Å²) in [4.78, 5) is 23.2. The van der Waals surface area contributed by atoms with Crippen molar-refractivity contribution in [1.29, 1.82) is 0 Å². The van der Waals surface area contributed by atoms with Crippen LogP contribution in [-0.4, -0.2) is 27.6 Å². The van der Waals surface area contributed by atoms with Crippen LogP contribution >= 0.6 is 23.2 Å². The van der Waals surface area contributed by atoms with Crippen LogP contribution in [0.5, 0.6) is 0 Å². The van der Waals surface area contributed by atoms with Crippen LogP contribution in [0.3, 0.4) is 0 Å². The van der Waals surface area contributed by atoms with Gasteiger partial charge in [-0.05, 0) is 12.0 Å². The van der Waals surface area contributed by atoms with E-state index in [1.54, 1.807) is 14.0 Å². The summed E-state index contributed by atoms with van der Waals surface area (Å²) >= 11 is 11.7. The van der Waals surface area contributed by atoms with Crippen LogP contribution in [0.25, 0.3) is 0 Å². The molecule has 0 aliphatic rings. The fraction of sp³-hybridized carbons (Fsp3) is 0.500. The number of carboxylic acid groups (broad SMARTS) is 1. The Bertz CT molecular complexity index is 499. The molecule has 106 valence electrons. The molecule has 0 aliphatic heterocycles. The van der Waals surface area contributed by atoms with E-state index in [-0.39, 0.29) is 21.8 Å². The van der Waals surface area contributed by atoms with Crippen LogP contribution in [-0.2, 0) is 11.8 Å². The molecule has 0 aromatic carbocycles. The van der Waals surface area contributed by atoms with Crippen molar-refractivity contribution in [2.45, 2.75) is 26.3 Å². The number of carbonyl (C=O) groups excluding carboxylic acids is 1. The van der Waals surface area contributed by atoms with Gasteiger partial charge in [-0.25, -0.2) is 4.79 Å². The summed E-state index contributed by atoms with van der Waals surface area (Å²) in [6.07, 6.45) is 0.645. The van der Waals surface area contributed by atoms with Crippen molar-refractivity contribution in [2.24, 2.45) is 13.0 Å². The first-order chi connectivity index (χ1) is 8.79. The summed E-state index contributed by atoms with van der Waals surface area (Å²) < 4.78 is 1.41. The lowest BCUT2D eigenvalue weighted by atomic mass is 9.99. The smallest absolute Gasteiger partial charge is 0.326 e. The number of carbonyl (C=O) groups is 2. The number of amides is 1. The minimum absolute atomic E-state index is 0.173. The van der Waals surface area contributed by atoms with Gasteiger partial charge in [-0.3, -0.25) is 4.79 Å². The molecule has 0 aliphatic carbocycles. The number of hydrogen-bond donors (Lipinski definition) is 2. The van der Waals surface area contributed by atoms with Crippen molar-refractivity contribution in [2.75, 3.05) is 0 Å². The summed E-state index contributed by atoms with van der Waals surface area (Å²) in [6, 6.07) is 0.472. The number of rotatable bonds is 5. The van der Waals surface area contributed by atoms with Crippen molar-refractivity contribution < 1.29 is 14.7 Å². The lowest BCUT2D eigenvalue weighted by Gasteiger charge is -2.20. The summed E-state index contributed by atoms with van der Waals surface area (Å²) in [5.41, 5.74) is 0.226. The molecule has 5 nitrogen and oxygen atoms in total. The highest BCUT2D eigenvalue weighted by atomic mass is 35.5. The Balaban J connectivity index is 2.94. The predicted octanol–water partition coefficient (Wildman–Crippen LogP) is 2.56. The van der Waals surface area contributed by atoms with Crippen LogP contribution in [0.1, 0.15) is 30.8 Å². The van der Waals surface area contributed by atoms with Crippen molar-refractivity contribution >= 4 is 35.1 Å².